The van der Waals surface area contributed by atoms with E-state index >= 15 is 0 Å². The number of likely N-dealkylation sites (N-methyl/N-ethyl adjacent to an activating group) is 1. The zero-order valence-electron chi connectivity index (χ0n) is 10.3. The molecule has 1 rings (SSSR count). The third-order valence-corrected chi connectivity index (χ3v) is 2.70. The molecule has 0 atom stereocenters. The molecule has 1 aliphatic heterocycles. The van der Waals surface area contributed by atoms with E-state index in [1.807, 2.05) is 0 Å². The first kappa shape index (κ1) is 13.6. The van der Waals surface area contributed by atoms with Crippen molar-refractivity contribution in [1.82, 2.24) is 9.80 Å². The van der Waals surface area contributed by atoms with Gasteiger partial charge in [0.2, 0.25) is 11.8 Å². The fourth-order valence-corrected chi connectivity index (χ4v) is 1.69. The highest BCUT2D eigenvalue weighted by atomic mass is 16.5. The summed E-state index contributed by atoms with van der Waals surface area (Å²) in [6.45, 7) is 1.12. The number of carbonyl (C=O) groups excluding carboxylic acids is 3. The third kappa shape index (κ3) is 4.14. The van der Waals surface area contributed by atoms with Crippen molar-refractivity contribution in [3.05, 3.63) is 0 Å². The Balaban J connectivity index is 2.30. The van der Waals surface area contributed by atoms with Gasteiger partial charge in [-0.25, -0.2) is 0 Å². The van der Waals surface area contributed by atoms with Crippen LogP contribution in [-0.4, -0.2) is 61.4 Å². The van der Waals surface area contributed by atoms with Crippen LogP contribution in [-0.2, 0) is 19.1 Å². The summed E-state index contributed by atoms with van der Waals surface area (Å²) in [5, 5.41) is 0. The summed E-state index contributed by atoms with van der Waals surface area (Å²) in [7, 11) is 3.07. The van der Waals surface area contributed by atoms with Crippen molar-refractivity contribution in [1.29, 1.82) is 0 Å². The Bertz CT molecular complexity index is 317. The standard InChI is InChI=1S/C11H18N2O4/c1-12(7-5-11(16)17-2)8-10(15)13-6-3-4-9(13)14/h3-8H2,1-2H3. The van der Waals surface area contributed by atoms with Gasteiger partial charge in [0.1, 0.15) is 0 Å². The van der Waals surface area contributed by atoms with Gasteiger partial charge in [0.05, 0.1) is 20.1 Å². The zero-order valence-corrected chi connectivity index (χ0v) is 10.3. The van der Waals surface area contributed by atoms with Gasteiger partial charge in [-0.1, -0.05) is 0 Å². The average molecular weight is 242 g/mol. The van der Waals surface area contributed by atoms with E-state index in [1.54, 1.807) is 11.9 Å². The lowest BCUT2D eigenvalue weighted by Crippen LogP contribution is -2.40. The van der Waals surface area contributed by atoms with Gasteiger partial charge in [-0.3, -0.25) is 24.2 Å². The van der Waals surface area contributed by atoms with Crippen molar-refractivity contribution in [3.63, 3.8) is 0 Å². The SMILES string of the molecule is COC(=O)CCN(C)CC(=O)N1CCCC1=O. The lowest BCUT2D eigenvalue weighted by Gasteiger charge is -2.19. The molecule has 1 aliphatic rings. The molecule has 0 radical (unpaired) electrons. The van der Waals surface area contributed by atoms with Crippen LogP contribution in [0, 0.1) is 0 Å². The van der Waals surface area contributed by atoms with Crippen molar-refractivity contribution < 1.29 is 19.1 Å². The van der Waals surface area contributed by atoms with E-state index in [1.165, 1.54) is 12.0 Å². The molecule has 0 aromatic rings. The maximum absolute atomic E-state index is 11.7. The minimum absolute atomic E-state index is 0.101. The maximum Gasteiger partial charge on any atom is 0.306 e. The van der Waals surface area contributed by atoms with Crippen LogP contribution in [0.5, 0.6) is 0 Å². The summed E-state index contributed by atoms with van der Waals surface area (Å²) >= 11 is 0. The second kappa shape index (κ2) is 6.34. The zero-order chi connectivity index (χ0) is 12.8. The van der Waals surface area contributed by atoms with E-state index in [0.717, 1.165) is 6.42 Å². The monoisotopic (exact) mass is 242 g/mol. The Kier molecular flexibility index (Phi) is 5.09. The molecule has 6 nitrogen and oxygen atoms in total. The van der Waals surface area contributed by atoms with E-state index in [2.05, 4.69) is 4.74 Å². The van der Waals surface area contributed by atoms with Gasteiger partial charge in [-0.2, -0.15) is 0 Å². The Morgan fingerprint density at radius 2 is 2.18 bits per heavy atom. The highest BCUT2D eigenvalue weighted by Gasteiger charge is 2.26. The van der Waals surface area contributed by atoms with Crippen LogP contribution in [0.1, 0.15) is 19.3 Å². The quantitative estimate of drug-likeness (QED) is 0.615. The van der Waals surface area contributed by atoms with E-state index < -0.39 is 0 Å². The number of ether oxygens (including phenoxy) is 1. The minimum Gasteiger partial charge on any atom is -0.469 e. The van der Waals surface area contributed by atoms with Crippen LogP contribution < -0.4 is 0 Å². The molecule has 0 N–H and O–H groups in total. The predicted octanol–water partition coefficient (Wildman–Crippen LogP) is -0.370. The first-order valence-corrected chi connectivity index (χ1v) is 5.63. The number of hydrogen-bond acceptors (Lipinski definition) is 5. The molecular formula is C11H18N2O4. The molecule has 0 aliphatic carbocycles. The molecular weight excluding hydrogens is 224 g/mol. The molecule has 0 saturated carbocycles. The third-order valence-electron chi connectivity index (χ3n) is 2.70. The number of methoxy groups -OCH3 is 1. The summed E-state index contributed by atoms with van der Waals surface area (Å²) in [5.41, 5.74) is 0. The molecule has 6 heteroatoms. The first-order valence-electron chi connectivity index (χ1n) is 5.63. The number of amides is 2. The number of likely N-dealkylation sites (tertiary alicyclic amines) is 1. The maximum atomic E-state index is 11.7. The smallest absolute Gasteiger partial charge is 0.306 e. The van der Waals surface area contributed by atoms with Crippen molar-refractivity contribution in [2.45, 2.75) is 19.3 Å². The second-order valence-electron chi connectivity index (χ2n) is 4.11. The van der Waals surface area contributed by atoms with Crippen LogP contribution in [0.3, 0.4) is 0 Å². The molecule has 1 saturated heterocycles. The summed E-state index contributed by atoms with van der Waals surface area (Å²) < 4.78 is 4.51. The average Bonchev–Trinajstić information content (AvgIpc) is 2.72. The highest BCUT2D eigenvalue weighted by molar-refractivity contribution is 5.97. The Morgan fingerprint density at radius 1 is 1.47 bits per heavy atom. The van der Waals surface area contributed by atoms with Crippen LogP contribution in [0.4, 0.5) is 0 Å². The van der Waals surface area contributed by atoms with Crippen molar-refractivity contribution in [2.75, 3.05) is 33.8 Å². The van der Waals surface area contributed by atoms with Crippen LogP contribution >= 0.6 is 0 Å². The van der Waals surface area contributed by atoms with Gasteiger partial charge in [-0.05, 0) is 13.5 Å². The van der Waals surface area contributed by atoms with E-state index in [4.69, 9.17) is 0 Å². The molecule has 2 amide bonds. The summed E-state index contributed by atoms with van der Waals surface area (Å²) in [4.78, 5) is 37.0. The lowest BCUT2D eigenvalue weighted by atomic mass is 10.4. The minimum atomic E-state index is -0.304. The van der Waals surface area contributed by atoms with E-state index in [-0.39, 0.29) is 30.7 Å². The van der Waals surface area contributed by atoms with Gasteiger partial charge < -0.3 is 4.74 Å². The highest BCUT2D eigenvalue weighted by Crippen LogP contribution is 2.09. The first-order chi connectivity index (χ1) is 8.04. The number of esters is 1. The molecule has 96 valence electrons. The lowest BCUT2D eigenvalue weighted by molar-refractivity contribution is -0.144. The number of imide groups is 1. The molecule has 0 aromatic heterocycles. The molecule has 0 spiro atoms. The number of hydrogen-bond donors (Lipinski definition) is 0. The second-order valence-corrected chi connectivity index (χ2v) is 4.11. The summed E-state index contributed by atoms with van der Waals surface area (Å²) in [6.07, 6.45) is 1.45. The van der Waals surface area contributed by atoms with Crippen molar-refractivity contribution >= 4 is 17.8 Å². The van der Waals surface area contributed by atoms with Gasteiger partial charge in [0, 0.05) is 19.5 Å². The molecule has 0 unspecified atom stereocenters. The van der Waals surface area contributed by atoms with Gasteiger partial charge in [0.15, 0.2) is 0 Å². The van der Waals surface area contributed by atoms with E-state index in [9.17, 15) is 14.4 Å². The topological polar surface area (TPSA) is 66.9 Å². The number of carbonyl (C=O) groups is 3. The molecule has 0 bridgehead atoms. The summed E-state index contributed by atoms with van der Waals surface area (Å²) in [6, 6.07) is 0. The Hall–Kier alpha value is -1.43. The predicted molar refractivity (Wildman–Crippen MR) is 60.1 cm³/mol. The van der Waals surface area contributed by atoms with Gasteiger partial charge in [0.25, 0.3) is 0 Å². The largest absolute Gasteiger partial charge is 0.469 e. The van der Waals surface area contributed by atoms with Gasteiger partial charge >= 0.3 is 5.97 Å². The Labute approximate surface area is 101 Å². The fourth-order valence-electron chi connectivity index (χ4n) is 1.69. The molecule has 1 fully saturated rings. The van der Waals surface area contributed by atoms with Crippen LogP contribution in [0.2, 0.25) is 0 Å². The van der Waals surface area contributed by atoms with Crippen molar-refractivity contribution in [2.24, 2.45) is 0 Å². The van der Waals surface area contributed by atoms with Crippen LogP contribution in [0.15, 0.2) is 0 Å². The number of nitrogens with zero attached hydrogens (tertiary/aromatic N) is 2. The fraction of sp³-hybridized carbons (Fsp3) is 0.727. The summed E-state index contributed by atoms with van der Waals surface area (Å²) in [5.74, 6) is -0.599. The molecule has 17 heavy (non-hydrogen) atoms. The van der Waals surface area contributed by atoms with E-state index in [0.29, 0.717) is 19.5 Å². The molecule has 1 heterocycles. The number of rotatable bonds is 5. The molecule has 0 aromatic carbocycles. The van der Waals surface area contributed by atoms with Crippen molar-refractivity contribution in [3.8, 4) is 0 Å². The van der Waals surface area contributed by atoms with Gasteiger partial charge in [-0.15, -0.1) is 0 Å². The van der Waals surface area contributed by atoms with Crippen LogP contribution in [0.25, 0.3) is 0 Å². The Morgan fingerprint density at radius 3 is 2.71 bits per heavy atom. The normalized spacial score (nSPS) is 15.5.